The van der Waals surface area contributed by atoms with Crippen LogP contribution in [0.3, 0.4) is 0 Å². The maximum absolute atomic E-state index is 14.9. The summed E-state index contributed by atoms with van der Waals surface area (Å²) >= 11 is 0. The quantitative estimate of drug-likeness (QED) is 0.146. The van der Waals surface area contributed by atoms with Crippen molar-refractivity contribution in [3.05, 3.63) is 68.8 Å². The number of Topliss-reactive ketones (excluding diaryl/α,β-unsaturated/α-hetero) is 2. The number of carbonyl (C=O) groups excluding carboxylic acids is 2. The molecule has 0 saturated carbocycles. The average molecular weight is 565 g/mol. The summed E-state index contributed by atoms with van der Waals surface area (Å²) in [4.78, 5) is 29.7. The van der Waals surface area contributed by atoms with Crippen LogP contribution in [0.4, 0.5) is 0 Å². The van der Waals surface area contributed by atoms with E-state index in [0.29, 0.717) is 23.0 Å². The molecular weight excluding hydrogens is 511 g/mol. The number of ketones is 2. The summed E-state index contributed by atoms with van der Waals surface area (Å²) in [5.41, 5.74) is 7.56. The highest BCUT2D eigenvalue weighted by atomic mass is 31.1. The largest absolute Gasteiger partial charge is 0.293 e. The van der Waals surface area contributed by atoms with Crippen LogP contribution >= 0.6 is 8.46 Å². The van der Waals surface area contributed by atoms with Gasteiger partial charge in [-0.3, -0.25) is 14.2 Å². The van der Waals surface area contributed by atoms with Crippen molar-refractivity contribution in [1.82, 2.24) is 0 Å². The molecule has 0 amide bonds. The first kappa shape index (κ1) is 34.1. The van der Waals surface area contributed by atoms with Crippen molar-refractivity contribution in [2.45, 2.75) is 138 Å². The molecule has 4 heteroatoms. The molecule has 0 atom stereocenters. The van der Waals surface area contributed by atoms with Gasteiger partial charge in [0.15, 0.2) is 20.0 Å². The summed E-state index contributed by atoms with van der Waals surface area (Å²) in [7, 11) is -0.218. The van der Waals surface area contributed by atoms with Gasteiger partial charge in [0.2, 0.25) is 0 Å². The molecule has 0 heterocycles. The van der Waals surface area contributed by atoms with E-state index in [0.717, 1.165) is 22.3 Å². The SMILES string of the molecule is CC(C)c1cc(C(C)C)c(C(=O)C(C(=O)c2c(C(C)C)cc(C(C)C)cc2C(C)C)C(C)(C)P=O)c(C(C)C)c1. The van der Waals surface area contributed by atoms with Gasteiger partial charge in [-0.25, -0.2) is 0 Å². The van der Waals surface area contributed by atoms with Gasteiger partial charge < -0.3 is 0 Å². The van der Waals surface area contributed by atoms with E-state index in [-0.39, 0.29) is 43.7 Å². The van der Waals surface area contributed by atoms with Crippen LogP contribution in [0.1, 0.15) is 187 Å². The molecule has 0 aliphatic carbocycles. The van der Waals surface area contributed by atoms with Gasteiger partial charge in [-0.1, -0.05) is 107 Å². The van der Waals surface area contributed by atoms with Crippen LogP contribution in [0.15, 0.2) is 24.3 Å². The molecule has 0 bridgehead atoms. The molecule has 2 rings (SSSR count). The van der Waals surface area contributed by atoms with Crippen molar-refractivity contribution < 1.29 is 14.2 Å². The first-order valence-electron chi connectivity index (χ1n) is 15.2. The van der Waals surface area contributed by atoms with E-state index in [1.165, 1.54) is 11.1 Å². The maximum Gasteiger partial charge on any atom is 0.175 e. The normalized spacial score (nSPS) is 12.8. The summed E-state index contributed by atoms with van der Waals surface area (Å²) in [6.07, 6.45) is 0. The molecule has 3 nitrogen and oxygen atoms in total. The smallest absolute Gasteiger partial charge is 0.175 e. The number of carbonyl (C=O) groups is 2. The Morgan fingerprint density at radius 3 is 0.950 bits per heavy atom. The van der Waals surface area contributed by atoms with Crippen LogP contribution in [0.2, 0.25) is 0 Å². The highest BCUT2D eigenvalue weighted by molar-refractivity contribution is 7.26. The van der Waals surface area contributed by atoms with Gasteiger partial charge in [0.25, 0.3) is 0 Å². The van der Waals surface area contributed by atoms with Crippen molar-refractivity contribution >= 4 is 20.0 Å². The molecule has 220 valence electrons. The van der Waals surface area contributed by atoms with Crippen molar-refractivity contribution in [2.75, 3.05) is 0 Å². The number of hydrogen-bond donors (Lipinski definition) is 0. The van der Waals surface area contributed by atoms with E-state index < -0.39 is 11.1 Å². The Hall–Kier alpha value is -2.12. The zero-order valence-electron chi connectivity index (χ0n) is 27.5. The summed E-state index contributed by atoms with van der Waals surface area (Å²) in [6.45, 7) is 29.0. The number of benzene rings is 2. The van der Waals surface area contributed by atoms with E-state index in [2.05, 4.69) is 107 Å². The van der Waals surface area contributed by atoms with E-state index in [1.807, 2.05) is 0 Å². The Balaban J connectivity index is 3.01. The summed E-state index contributed by atoms with van der Waals surface area (Å²) in [5, 5.41) is -1.08. The molecule has 0 radical (unpaired) electrons. The van der Waals surface area contributed by atoms with Gasteiger partial charge in [0, 0.05) is 11.1 Å². The van der Waals surface area contributed by atoms with Gasteiger partial charge in [0.1, 0.15) is 5.92 Å². The topological polar surface area (TPSA) is 51.2 Å². The molecule has 0 spiro atoms. The Bertz CT molecular complexity index is 1100. The van der Waals surface area contributed by atoms with Crippen LogP contribution in [-0.4, -0.2) is 16.7 Å². The van der Waals surface area contributed by atoms with Crippen molar-refractivity contribution in [1.29, 1.82) is 0 Å². The van der Waals surface area contributed by atoms with Crippen molar-refractivity contribution in [2.24, 2.45) is 5.92 Å². The second kappa shape index (κ2) is 13.2. The summed E-state index contributed by atoms with van der Waals surface area (Å²) in [6, 6.07) is 8.59. The zero-order chi connectivity index (χ0) is 30.9. The van der Waals surface area contributed by atoms with Crippen LogP contribution < -0.4 is 0 Å². The molecule has 40 heavy (non-hydrogen) atoms. The van der Waals surface area contributed by atoms with Gasteiger partial charge in [-0.2, -0.15) is 0 Å². The Morgan fingerprint density at radius 2 is 0.775 bits per heavy atom. The number of rotatable bonds is 12. The van der Waals surface area contributed by atoms with E-state index in [1.54, 1.807) is 13.8 Å². The molecule has 0 aromatic heterocycles. The molecule has 0 fully saturated rings. The standard InChI is InChI=1S/C36H53O3P/c1-19(2)25-15-27(21(5)6)31(28(16-25)22(7)8)34(37)33(36(13,14)40-39)35(38)32-29(23(9)10)17-26(20(3)4)18-30(32)24(11)12/h15-24,33H,1-14H3. The van der Waals surface area contributed by atoms with Crippen LogP contribution in [0.25, 0.3) is 0 Å². The third-order valence-corrected chi connectivity index (χ3v) is 8.95. The fourth-order valence-corrected chi connectivity index (χ4v) is 5.92. The monoisotopic (exact) mass is 564 g/mol. The van der Waals surface area contributed by atoms with E-state index in [4.69, 9.17) is 0 Å². The van der Waals surface area contributed by atoms with Gasteiger partial charge >= 0.3 is 0 Å². The second-order valence-corrected chi connectivity index (χ2v) is 15.3. The fourth-order valence-electron chi connectivity index (χ4n) is 5.58. The minimum absolute atomic E-state index is 0.0987. The van der Waals surface area contributed by atoms with Crippen LogP contribution in [0, 0.1) is 5.92 Å². The Morgan fingerprint density at radius 1 is 0.525 bits per heavy atom. The molecule has 0 aliphatic rings. The zero-order valence-corrected chi connectivity index (χ0v) is 28.4. The molecular formula is C36H53O3P. The molecule has 0 unspecified atom stereocenters. The maximum atomic E-state index is 14.9. The average Bonchev–Trinajstić information content (AvgIpc) is 2.86. The van der Waals surface area contributed by atoms with Gasteiger partial charge in [-0.15, -0.1) is 0 Å². The van der Waals surface area contributed by atoms with Gasteiger partial charge in [0.05, 0.1) is 5.16 Å². The lowest BCUT2D eigenvalue weighted by Crippen LogP contribution is -2.40. The number of hydrogen-bond acceptors (Lipinski definition) is 3. The van der Waals surface area contributed by atoms with E-state index >= 15 is 0 Å². The lowest BCUT2D eigenvalue weighted by atomic mass is 9.73. The summed E-state index contributed by atoms with van der Waals surface area (Å²) < 4.78 is 12.7. The lowest BCUT2D eigenvalue weighted by molar-refractivity contribution is 0.0777. The first-order valence-corrected chi connectivity index (χ1v) is 16.0. The Kier molecular flexibility index (Phi) is 11.3. The molecule has 0 N–H and O–H groups in total. The molecule has 2 aromatic carbocycles. The van der Waals surface area contributed by atoms with Crippen molar-refractivity contribution in [3.8, 4) is 0 Å². The molecule has 0 aliphatic heterocycles. The van der Waals surface area contributed by atoms with E-state index in [9.17, 15) is 14.2 Å². The minimum atomic E-state index is -1.08. The fraction of sp³-hybridized carbons (Fsp3) is 0.611. The minimum Gasteiger partial charge on any atom is -0.293 e. The highest BCUT2D eigenvalue weighted by Crippen LogP contribution is 2.42. The predicted molar refractivity (Wildman–Crippen MR) is 171 cm³/mol. The lowest BCUT2D eigenvalue weighted by Gasteiger charge is -2.32. The van der Waals surface area contributed by atoms with Crippen LogP contribution in [0.5, 0.6) is 0 Å². The first-order chi connectivity index (χ1) is 18.4. The van der Waals surface area contributed by atoms with Crippen molar-refractivity contribution in [3.63, 3.8) is 0 Å². The molecule has 0 saturated heterocycles. The predicted octanol–water partition coefficient (Wildman–Crippen LogP) is 11.2. The second-order valence-electron chi connectivity index (χ2n) is 14.0. The third kappa shape index (κ3) is 7.02. The highest BCUT2D eigenvalue weighted by Gasteiger charge is 2.45. The third-order valence-electron chi connectivity index (χ3n) is 8.22. The van der Waals surface area contributed by atoms with Gasteiger partial charge in [-0.05, 0) is 82.7 Å². The van der Waals surface area contributed by atoms with Crippen LogP contribution in [-0.2, 0) is 4.57 Å². The summed E-state index contributed by atoms with van der Waals surface area (Å²) in [5.74, 6) is -0.473. The Labute approximate surface area is 246 Å². The molecule has 2 aromatic rings.